The smallest absolute Gasteiger partial charge is 0.279 e. The van der Waals surface area contributed by atoms with E-state index in [9.17, 15) is 9.59 Å². The van der Waals surface area contributed by atoms with Crippen molar-refractivity contribution in [3.8, 4) is 5.75 Å². The van der Waals surface area contributed by atoms with Gasteiger partial charge < -0.3 is 14.6 Å². The Morgan fingerprint density at radius 2 is 2.27 bits per heavy atom. The lowest BCUT2D eigenvalue weighted by Gasteiger charge is -2.27. The van der Waals surface area contributed by atoms with Crippen LogP contribution in [0.1, 0.15) is 30.4 Å². The molecule has 1 aliphatic heterocycles. The number of nitrogens with zero attached hydrogens (tertiary/aromatic N) is 2. The molecule has 0 saturated carbocycles. The summed E-state index contributed by atoms with van der Waals surface area (Å²) in [4.78, 5) is 29.3. The molecule has 1 atom stereocenters. The number of aromatic nitrogens is 2. The Balaban J connectivity index is 2.11. The summed E-state index contributed by atoms with van der Waals surface area (Å²) < 4.78 is 7.32. The fourth-order valence-electron chi connectivity index (χ4n) is 3.07. The van der Waals surface area contributed by atoms with Crippen LogP contribution < -0.4 is 15.6 Å². The summed E-state index contributed by atoms with van der Waals surface area (Å²) in [6, 6.07) is 7.53. The number of hydrogen-bond acceptors (Lipinski definition) is 5. The van der Waals surface area contributed by atoms with Crippen LogP contribution in [0.25, 0.3) is 0 Å². The van der Waals surface area contributed by atoms with Crippen LogP contribution in [0.3, 0.4) is 0 Å². The number of carbonyl (C=O) groups excluding carboxylic acids is 1. The maximum absolute atomic E-state index is 12.8. The van der Waals surface area contributed by atoms with Crippen LogP contribution in [0.5, 0.6) is 5.75 Å². The van der Waals surface area contributed by atoms with E-state index in [0.29, 0.717) is 28.9 Å². The van der Waals surface area contributed by atoms with Gasteiger partial charge in [0.05, 0.1) is 12.2 Å². The third-order valence-electron chi connectivity index (χ3n) is 4.20. The Labute approximate surface area is 156 Å². The Kier molecular flexibility index (Phi) is 5.46. The molecular formula is C19H21N3O3S. The third kappa shape index (κ3) is 3.53. The first kappa shape index (κ1) is 18.3. The Hall–Kier alpha value is -2.54. The minimum Gasteiger partial charge on any atom is -0.494 e. The third-order valence-corrected chi connectivity index (χ3v) is 5.23. The summed E-state index contributed by atoms with van der Waals surface area (Å²) in [6.07, 6.45) is 1.95. The van der Waals surface area contributed by atoms with Crippen molar-refractivity contribution in [2.75, 3.05) is 17.7 Å². The summed E-state index contributed by atoms with van der Waals surface area (Å²) in [7, 11) is 1.80. The van der Waals surface area contributed by atoms with Crippen molar-refractivity contribution < 1.29 is 9.53 Å². The highest BCUT2D eigenvalue weighted by Gasteiger charge is 2.32. The largest absolute Gasteiger partial charge is 0.494 e. The van der Waals surface area contributed by atoms with E-state index in [1.54, 1.807) is 17.7 Å². The summed E-state index contributed by atoms with van der Waals surface area (Å²) in [6.45, 7) is 6.15. The van der Waals surface area contributed by atoms with Gasteiger partial charge >= 0.3 is 0 Å². The van der Waals surface area contributed by atoms with Crippen molar-refractivity contribution in [1.82, 2.24) is 9.55 Å². The number of fused-ring (bicyclic) bond motifs is 1. The maximum atomic E-state index is 12.8. The van der Waals surface area contributed by atoms with Gasteiger partial charge in [0.2, 0.25) is 5.91 Å². The lowest BCUT2D eigenvalue weighted by atomic mass is 9.86. The maximum Gasteiger partial charge on any atom is 0.279 e. The van der Waals surface area contributed by atoms with Crippen molar-refractivity contribution in [2.24, 2.45) is 7.05 Å². The number of benzene rings is 1. The molecule has 2 heterocycles. The van der Waals surface area contributed by atoms with Gasteiger partial charge in [0.1, 0.15) is 11.6 Å². The minimum atomic E-state index is -0.344. The summed E-state index contributed by atoms with van der Waals surface area (Å²) >= 11 is 1.40. The van der Waals surface area contributed by atoms with Gasteiger partial charge in [-0.05, 0) is 24.6 Å². The molecule has 1 aromatic carbocycles. The number of hydrogen-bond donors (Lipinski definition) is 1. The molecule has 3 rings (SSSR count). The molecular weight excluding hydrogens is 350 g/mol. The van der Waals surface area contributed by atoms with E-state index < -0.39 is 0 Å². The zero-order valence-electron chi connectivity index (χ0n) is 14.8. The van der Waals surface area contributed by atoms with Gasteiger partial charge in [-0.3, -0.25) is 9.59 Å². The predicted molar refractivity (Wildman–Crippen MR) is 103 cm³/mol. The summed E-state index contributed by atoms with van der Waals surface area (Å²) in [5.41, 5.74) is 1.08. The highest BCUT2D eigenvalue weighted by atomic mass is 32.2. The van der Waals surface area contributed by atoms with Crippen LogP contribution in [0.4, 0.5) is 5.82 Å². The molecule has 0 spiro atoms. The van der Waals surface area contributed by atoms with Crippen LogP contribution in [0.2, 0.25) is 0 Å². The Bertz CT molecular complexity index is 907. The van der Waals surface area contributed by atoms with Crippen LogP contribution in [0.15, 0.2) is 46.9 Å². The molecule has 2 aromatic rings. The van der Waals surface area contributed by atoms with Crippen molar-refractivity contribution in [3.05, 3.63) is 58.4 Å². The molecule has 0 bridgehead atoms. The van der Waals surface area contributed by atoms with Crippen molar-refractivity contribution >= 4 is 23.5 Å². The van der Waals surface area contributed by atoms with Crippen LogP contribution in [0, 0.1) is 0 Å². The van der Waals surface area contributed by atoms with E-state index >= 15 is 0 Å². The van der Waals surface area contributed by atoms with Gasteiger partial charge in [-0.15, -0.1) is 6.58 Å². The summed E-state index contributed by atoms with van der Waals surface area (Å²) in [5.74, 6) is 1.40. The topological polar surface area (TPSA) is 73.2 Å². The lowest BCUT2D eigenvalue weighted by Crippen LogP contribution is -2.33. The number of amides is 1. The molecule has 1 N–H and O–H groups in total. The molecule has 1 aliphatic rings. The minimum absolute atomic E-state index is 0.120. The highest BCUT2D eigenvalue weighted by Crippen LogP contribution is 2.36. The fraction of sp³-hybridized carbons (Fsp3) is 0.316. The number of thioether (sulfide) groups is 1. The Morgan fingerprint density at radius 3 is 3.00 bits per heavy atom. The number of nitrogens with one attached hydrogen (secondary N) is 1. The molecule has 1 aromatic heterocycles. The standard InChI is InChI=1S/C19H21N3O3S/c1-4-9-26-19-21-18(24)16-14(11-15(23)20-17(16)22(19)3)12-7-6-8-13(10-12)25-5-2/h4,6-8,10,14H,1,5,9,11H2,2-3H3,(H,20,23)/t14-/m0/s1. The average Bonchev–Trinajstić information content (AvgIpc) is 2.63. The zero-order valence-corrected chi connectivity index (χ0v) is 15.6. The SMILES string of the molecule is C=CCSc1nc(=O)c2c(n1C)NC(=O)C[C@H]2c1cccc(OCC)c1. The van der Waals surface area contributed by atoms with Crippen molar-refractivity contribution in [1.29, 1.82) is 0 Å². The van der Waals surface area contributed by atoms with E-state index in [2.05, 4.69) is 16.9 Å². The fourth-order valence-corrected chi connectivity index (χ4v) is 3.77. The number of carbonyl (C=O) groups is 1. The van der Waals surface area contributed by atoms with E-state index in [1.165, 1.54) is 11.8 Å². The predicted octanol–water partition coefficient (Wildman–Crippen LogP) is 2.93. The molecule has 0 aliphatic carbocycles. The molecule has 0 radical (unpaired) electrons. The lowest BCUT2D eigenvalue weighted by molar-refractivity contribution is -0.116. The highest BCUT2D eigenvalue weighted by molar-refractivity contribution is 7.99. The molecule has 136 valence electrons. The molecule has 1 amide bonds. The Morgan fingerprint density at radius 1 is 1.46 bits per heavy atom. The molecule has 26 heavy (non-hydrogen) atoms. The van der Waals surface area contributed by atoms with Gasteiger partial charge in [-0.25, -0.2) is 0 Å². The number of ether oxygens (including phenoxy) is 1. The molecule has 0 saturated heterocycles. The van der Waals surface area contributed by atoms with Gasteiger partial charge in [0.15, 0.2) is 5.16 Å². The molecule has 0 unspecified atom stereocenters. The van der Waals surface area contributed by atoms with Gasteiger partial charge in [0.25, 0.3) is 5.56 Å². The van der Waals surface area contributed by atoms with Crippen LogP contribution in [-0.2, 0) is 11.8 Å². The normalized spacial score (nSPS) is 15.9. The molecule has 6 nitrogen and oxygen atoms in total. The zero-order chi connectivity index (χ0) is 18.7. The molecule has 0 fully saturated rings. The van der Waals surface area contributed by atoms with Gasteiger partial charge in [-0.2, -0.15) is 4.98 Å². The van der Waals surface area contributed by atoms with Crippen molar-refractivity contribution in [2.45, 2.75) is 24.4 Å². The van der Waals surface area contributed by atoms with Crippen molar-refractivity contribution in [3.63, 3.8) is 0 Å². The van der Waals surface area contributed by atoms with Crippen LogP contribution in [-0.4, -0.2) is 27.8 Å². The second-order valence-corrected chi connectivity index (χ2v) is 6.92. The van der Waals surface area contributed by atoms with Crippen LogP contribution >= 0.6 is 11.8 Å². The van der Waals surface area contributed by atoms with Gasteiger partial charge in [0, 0.05) is 25.1 Å². The number of rotatable bonds is 6. The van der Waals surface area contributed by atoms with E-state index in [4.69, 9.17) is 4.74 Å². The second kappa shape index (κ2) is 7.78. The van der Waals surface area contributed by atoms with E-state index in [-0.39, 0.29) is 23.8 Å². The first-order valence-electron chi connectivity index (χ1n) is 8.42. The summed E-state index contributed by atoms with van der Waals surface area (Å²) in [5, 5.41) is 3.39. The second-order valence-electron chi connectivity index (χ2n) is 5.93. The van der Waals surface area contributed by atoms with E-state index in [0.717, 1.165) is 11.3 Å². The number of anilines is 1. The van der Waals surface area contributed by atoms with Gasteiger partial charge in [-0.1, -0.05) is 30.0 Å². The first-order valence-corrected chi connectivity index (χ1v) is 9.41. The quantitative estimate of drug-likeness (QED) is 0.480. The average molecular weight is 371 g/mol. The first-order chi connectivity index (χ1) is 12.5. The monoisotopic (exact) mass is 371 g/mol. The van der Waals surface area contributed by atoms with E-state index in [1.807, 2.05) is 31.2 Å². The molecule has 7 heteroatoms.